The lowest BCUT2D eigenvalue weighted by Crippen LogP contribution is -2.34. The highest BCUT2D eigenvalue weighted by molar-refractivity contribution is 6.19. The summed E-state index contributed by atoms with van der Waals surface area (Å²) < 4.78 is 154. The van der Waals surface area contributed by atoms with Crippen LogP contribution in [0.1, 0.15) is 44.2 Å². The lowest BCUT2D eigenvalue weighted by molar-refractivity contribution is 0.434. The van der Waals surface area contributed by atoms with Crippen LogP contribution in [0, 0.1) is 0 Å². The van der Waals surface area contributed by atoms with Crippen LogP contribution in [0.2, 0.25) is 0 Å². The quantitative estimate of drug-likeness (QED) is 0.186. The third-order valence-corrected chi connectivity index (χ3v) is 9.17. The molecule has 1 unspecified atom stereocenters. The van der Waals surface area contributed by atoms with Gasteiger partial charge in [0.05, 0.1) is 38.4 Å². The van der Waals surface area contributed by atoms with E-state index in [4.69, 9.17) is 17.1 Å². The van der Waals surface area contributed by atoms with Crippen LogP contribution in [0.25, 0.3) is 49.4 Å². The number of hydrogen-bond acceptors (Lipinski definition) is 1. The molecule has 2 heteroatoms. The van der Waals surface area contributed by atoms with Crippen molar-refractivity contribution in [1.29, 1.82) is 0 Å². The van der Waals surface area contributed by atoms with Gasteiger partial charge in [-0.3, -0.25) is 0 Å². The van der Waals surface area contributed by atoms with Crippen LogP contribution in [0.5, 0.6) is 11.5 Å². The minimum atomic E-state index is -2.81. The van der Waals surface area contributed by atoms with Gasteiger partial charge in [-0.15, -0.1) is 0 Å². The Hall–Kier alpha value is -6.38. The molecule has 1 aliphatic heterocycles. The van der Waals surface area contributed by atoms with Crippen molar-refractivity contribution in [2.75, 3.05) is 0 Å². The number of benzene rings is 8. The summed E-state index contributed by atoms with van der Waals surface area (Å²) in [4.78, 5) is 0. The van der Waals surface area contributed by atoms with Crippen LogP contribution >= 0.6 is 0 Å². The van der Waals surface area contributed by atoms with Crippen molar-refractivity contribution in [1.82, 2.24) is 4.57 Å². The number of hydrogen-bond donors (Lipinski definition) is 0. The number of nitrogens with zero attached hydrogens (tertiary/aromatic N) is 1. The lowest BCUT2D eigenvalue weighted by atomic mass is 9.63. The Labute approximate surface area is 307 Å². The molecule has 0 aliphatic carbocycles. The first kappa shape index (κ1) is 16.1. The first-order valence-electron chi connectivity index (χ1n) is 23.5. The van der Waals surface area contributed by atoms with E-state index in [1.165, 1.54) is 0 Å². The van der Waals surface area contributed by atoms with Crippen LogP contribution in [0.4, 0.5) is 0 Å². The van der Waals surface area contributed by atoms with Crippen molar-refractivity contribution < 1.29 is 26.7 Å². The second-order valence-corrected chi connectivity index (χ2v) is 11.7. The van der Waals surface area contributed by atoms with Gasteiger partial charge in [-0.2, -0.15) is 0 Å². The summed E-state index contributed by atoms with van der Waals surface area (Å²) in [6.45, 7) is 0. The van der Waals surface area contributed by atoms with Crippen molar-refractivity contribution in [2.45, 2.75) is 5.41 Å². The summed E-state index contributed by atoms with van der Waals surface area (Å²) in [5.41, 5.74) is -2.73. The Kier molecular flexibility index (Phi) is 3.57. The monoisotopic (exact) mass is 641 g/mol. The van der Waals surface area contributed by atoms with E-state index >= 15 is 0 Å². The summed E-state index contributed by atoms with van der Waals surface area (Å²) >= 11 is 0. The number of rotatable bonds is 4. The van der Waals surface area contributed by atoms with Gasteiger partial charge in [-0.05, 0) is 70.0 Å². The highest BCUT2D eigenvalue weighted by Gasteiger charge is 2.45. The van der Waals surface area contributed by atoms with E-state index in [1.807, 2.05) is 72.8 Å². The standard InChI is InChI=1S/C47H31NO/c1-4-15-35(16-5-1)47(36-17-6-2-7-18-36)41-22-12-13-23-44(41)49-45-29-26-34(31-42(45)47)33-25-28-43-40(30-33)39-27-24-32-14-10-11-21-38(32)46(39)48(43)37-19-8-3-9-20-37/h1-31H/i1D,2D,4D,5D,6D,7D,12D,13D,15D,16D,17D,22D,23D,26D,29D,31D. The average molecular weight is 642 g/mol. The van der Waals surface area contributed by atoms with Crippen LogP contribution in [-0.2, 0) is 5.41 Å². The molecule has 230 valence electrons. The molecule has 0 bridgehead atoms. The molecule has 0 radical (unpaired) electrons. The second-order valence-electron chi connectivity index (χ2n) is 11.7. The summed E-state index contributed by atoms with van der Waals surface area (Å²) in [6.07, 6.45) is 0. The summed E-state index contributed by atoms with van der Waals surface area (Å²) in [6, 6.07) is 15.0. The zero-order valence-electron chi connectivity index (χ0n) is 41.5. The highest BCUT2D eigenvalue weighted by atomic mass is 16.5. The molecule has 2 heterocycles. The average Bonchev–Trinajstić information content (AvgIpc) is 3.65. The van der Waals surface area contributed by atoms with Gasteiger partial charge in [-0.1, -0.05) is 145 Å². The van der Waals surface area contributed by atoms with E-state index < -0.39 is 136 Å². The Bertz CT molecular complexity index is 3550. The molecule has 0 saturated heterocycles. The van der Waals surface area contributed by atoms with E-state index in [1.54, 1.807) is 12.1 Å². The van der Waals surface area contributed by atoms with E-state index in [-0.39, 0.29) is 11.1 Å². The maximum Gasteiger partial charge on any atom is 0.132 e. The Morgan fingerprint density at radius 2 is 1.27 bits per heavy atom. The Morgan fingerprint density at radius 1 is 0.510 bits per heavy atom. The molecule has 8 aromatic carbocycles. The van der Waals surface area contributed by atoms with Gasteiger partial charge in [-0.25, -0.2) is 0 Å². The molecule has 0 amide bonds. The number of fused-ring (bicyclic) bond motifs is 7. The summed E-state index contributed by atoms with van der Waals surface area (Å²) in [7, 11) is 0. The van der Waals surface area contributed by atoms with E-state index in [0.29, 0.717) is 5.39 Å². The van der Waals surface area contributed by atoms with Crippen molar-refractivity contribution in [3.63, 3.8) is 0 Å². The molecule has 0 N–H and O–H groups in total. The normalized spacial score (nSPS) is 19.8. The third-order valence-electron chi connectivity index (χ3n) is 9.17. The SMILES string of the molecule is [2H]c1cc(C2(c3c([2H])c([2H])c([2H])c([2H])c3[2H])c3c([2H])c([2H])c([2H])c([2H])c3Oc3c([2H])c([2H])c(-c4ccc5c(c4)c4ccc6ccccc6c4n5-c4ccccc4)c([2H])c32)c([2H])c([2H])c1[2H]. The molecule has 0 spiro atoms. The first-order valence-corrected chi connectivity index (χ1v) is 15.5. The maximum atomic E-state index is 10.2. The van der Waals surface area contributed by atoms with E-state index in [0.717, 1.165) is 38.9 Å². The van der Waals surface area contributed by atoms with Crippen molar-refractivity contribution in [3.8, 4) is 28.3 Å². The van der Waals surface area contributed by atoms with Gasteiger partial charge >= 0.3 is 0 Å². The minimum absolute atomic E-state index is 0.206. The molecule has 1 atom stereocenters. The molecule has 9 aromatic rings. The van der Waals surface area contributed by atoms with Crippen molar-refractivity contribution in [2.24, 2.45) is 0 Å². The zero-order chi connectivity index (χ0) is 46.3. The van der Waals surface area contributed by atoms with Gasteiger partial charge in [0, 0.05) is 33.0 Å². The number of para-hydroxylation sites is 2. The largest absolute Gasteiger partial charge is 0.457 e. The molecule has 1 aromatic heterocycles. The summed E-state index contributed by atoms with van der Waals surface area (Å²) in [5, 5.41) is 3.44. The second kappa shape index (κ2) is 10.8. The minimum Gasteiger partial charge on any atom is -0.457 e. The van der Waals surface area contributed by atoms with Gasteiger partial charge in [0.15, 0.2) is 0 Å². The Balaban J connectivity index is 1.42. The maximum absolute atomic E-state index is 10.2. The van der Waals surface area contributed by atoms with E-state index in [2.05, 4.69) is 4.57 Å². The van der Waals surface area contributed by atoms with E-state index in [9.17, 15) is 9.60 Å². The van der Waals surface area contributed by atoms with Crippen LogP contribution in [0.15, 0.2) is 188 Å². The fourth-order valence-corrected chi connectivity index (χ4v) is 7.10. The van der Waals surface area contributed by atoms with Gasteiger partial charge in [0.25, 0.3) is 0 Å². The fourth-order valence-electron chi connectivity index (χ4n) is 7.10. The van der Waals surface area contributed by atoms with Crippen molar-refractivity contribution >= 4 is 32.6 Å². The Morgan fingerprint density at radius 3 is 2.16 bits per heavy atom. The first-order chi connectivity index (χ1) is 30.9. The van der Waals surface area contributed by atoms with Crippen LogP contribution in [-0.4, -0.2) is 4.57 Å². The topological polar surface area (TPSA) is 14.2 Å². The fraction of sp³-hybridized carbons (Fsp3) is 0.0213. The molecular weight excluding hydrogens is 595 g/mol. The molecule has 10 rings (SSSR count). The number of aromatic nitrogens is 1. The van der Waals surface area contributed by atoms with Crippen molar-refractivity contribution in [3.05, 3.63) is 210 Å². The highest BCUT2D eigenvalue weighted by Crippen LogP contribution is 2.56. The van der Waals surface area contributed by atoms with Gasteiger partial charge in [0.2, 0.25) is 0 Å². The predicted molar refractivity (Wildman–Crippen MR) is 202 cm³/mol. The molecule has 2 nitrogen and oxygen atoms in total. The van der Waals surface area contributed by atoms with Crippen LogP contribution in [0.3, 0.4) is 0 Å². The van der Waals surface area contributed by atoms with Crippen LogP contribution < -0.4 is 4.74 Å². The molecular formula is C47H31NO. The molecule has 1 aliphatic rings. The lowest BCUT2D eigenvalue weighted by Gasteiger charge is -2.41. The van der Waals surface area contributed by atoms with Gasteiger partial charge in [0.1, 0.15) is 11.5 Å². The molecule has 0 saturated carbocycles. The third kappa shape index (κ3) is 4.07. The predicted octanol–water partition coefficient (Wildman–Crippen LogP) is 12.1. The zero-order valence-corrected chi connectivity index (χ0v) is 25.5. The smallest absolute Gasteiger partial charge is 0.132 e. The number of ether oxygens (including phenoxy) is 1. The molecule has 0 fully saturated rings. The van der Waals surface area contributed by atoms with Gasteiger partial charge < -0.3 is 9.30 Å². The summed E-state index contributed by atoms with van der Waals surface area (Å²) in [5.74, 6) is -1.33. The molecule has 49 heavy (non-hydrogen) atoms.